The van der Waals surface area contributed by atoms with E-state index in [9.17, 15) is 9.59 Å². The first-order valence-electron chi connectivity index (χ1n) is 6.36. The third kappa shape index (κ3) is 3.45. The highest BCUT2D eigenvalue weighted by Gasteiger charge is 2.13. The van der Waals surface area contributed by atoms with Crippen molar-refractivity contribution in [3.63, 3.8) is 0 Å². The molecular weight excluding hydrogens is 306 g/mol. The van der Waals surface area contributed by atoms with Crippen molar-refractivity contribution < 1.29 is 14.3 Å². The van der Waals surface area contributed by atoms with E-state index in [0.717, 1.165) is 0 Å². The lowest BCUT2D eigenvalue weighted by atomic mass is 10.2. The number of aryl methyl sites for hydroxylation is 1. The van der Waals surface area contributed by atoms with Crippen LogP contribution in [0.5, 0.6) is 5.75 Å². The second-order valence-electron chi connectivity index (χ2n) is 4.30. The molecule has 1 heterocycles. The van der Waals surface area contributed by atoms with Gasteiger partial charge in [0.25, 0.3) is 5.56 Å². The molecular formula is C14H15N3O4S. The molecule has 0 aliphatic heterocycles. The lowest BCUT2D eigenvalue weighted by molar-refractivity contribution is 0.0344. The van der Waals surface area contributed by atoms with Gasteiger partial charge in [0.05, 0.1) is 12.7 Å². The number of hydrogen-bond donors (Lipinski definition) is 0. The summed E-state index contributed by atoms with van der Waals surface area (Å²) < 4.78 is 11.5. The Labute approximate surface area is 131 Å². The zero-order valence-electron chi connectivity index (χ0n) is 12.4. The smallest absolute Gasteiger partial charge is 0.340 e. The Kier molecular flexibility index (Phi) is 5.16. The minimum atomic E-state index is -0.549. The van der Waals surface area contributed by atoms with Crippen LogP contribution in [0.3, 0.4) is 0 Å². The molecule has 116 valence electrons. The Balaban J connectivity index is 2.18. The molecule has 8 heteroatoms. The van der Waals surface area contributed by atoms with Gasteiger partial charge in [-0.2, -0.15) is 0 Å². The van der Waals surface area contributed by atoms with Crippen LogP contribution in [0, 0.1) is 6.92 Å². The number of carbonyl (C=O) groups is 1. The third-order valence-corrected chi connectivity index (χ3v) is 3.55. The molecule has 7 nitrogen and oxygen atoms in total. The van der Waals surface area contributed by atoms with E-state index in [1.807, 2.05) is 0 Å². The van der Waals surface area contributed by atoms with E-state index in [2.05, 4.69) is 10.2 Å². The minimum absolute atomic E-state index is 0.221. The standard InChI is InChI=1S/C14H15N3O4S/c1-9-12(18)17(14(22-3)16-15-9)8-21-13(19)10-5-4-6-11(7-10)20-2/h4-7H,8H2,1-3H3. The number of hydrogen-bond acceptors (Lipinski definition) is 7. The fraction of sp³-hybridized carbons (Fsp3) is 0.286. The summed E-state index contributed by atoms with van der Waals surface area (Å²) in [5.41, 5.74) is 0.254. The zero-order chi connectivity index (χ0) is 16.1. The van der Waals surface area contributed by atoms with Gasteiger partial charge < -0.3 is 9.47 Å². The molecule has 0 aliphatic rings. The molecule has 0 saturated heterocycles. The molecule has 2 aromatic rings. The molecule has 0 radical (unpaired) electrons. The SMILES string of the molecule is COc1cccc(C(=O)OCn2c(SC)nnc(C)c2=O)c1. The monoisotopic (exact) mass is 321 g/mol. The van der Waals surface area contributed by atoms with E-state index in [1.165, 1.54) is 23.4 Å². The van der Waals surface area contributed by atoms with Crippen molar-refractivity contribution in [2.24, 2.45) is 0 Å². The summed E-state index contributed by atoms with van der Waals surface area (Å²) in [7, 11) is 1.51. The number of benzene rings is 1. The van der Waals surface area contributed by atoms with Crippen molar-refractivity contribution in [2.75, 3.05) is 13.4 Å². The zero-order valence-corrected chi connectivity index (χ0v) is 13.2. The number of aromatic nitrogens is 3. The third-order valence-electron chi connectivity index (χ3n) is 2.88. The summed E-state index contributed by atoms with van der Waals surface area (Å²) in [6.45, 7) is 1.33. The minimum Gasteiger partial charge on any atom is -0.497 e. The molecule has 0 fully saturated rings. The van der Waals surface area contributed by atoms with Gasteiger partial charge >= 0.3 is 5.97 Å². The lowest BCUT2D eigenvalue weighted by Gasteiger charge is -2.11. The van der Waals surface area contributed by atoms with Gasteiger partial charge in [-0.05, 0) is 31.4 Å². The summed E-state index contributed by atoms with van der Waals surface area (Å²) in [5.74, 6) is 0.00478. The first-order chi connectivity index (χ1) is 10.6. The van der Waals surface area contributed by atoms with Gasteiger partial charge in [-0.3, -0.25) is 4.79 Å². The van der Waals surface area contributed by atoms with Crippen molar-refractivity contribution in [3.8, 4) is 5.75 Å². The van der Waals surface area contributed by atoms with Crippen LogP contribution in [-0.2, 0) is 11.5 Å². The van der Waals surface area contributed by atoms with Gasteiger partial charge in [-0.1, -0.05) is 17.8 Å². The second-order valence-corrected chi connectivity index (χ2v) is 5.07. The molecule has 2 rings (SSSR count). The topological polar surface area (TPSA) is 83.3 Å². The maximum atomic E-state index is 12.0. The molecule has 0 atom stereocenters. The predicted molar refractivity (Wildman–Crippen MR) is 81.2 cm³/mol. The molecule has 1 aromatic heterocycles. The van der Waals surface area contributed by atoms with Crippen molar-refractivity contribution in [3.05, 3.63) is 45.9 Å². The normalized spacial score (nSPS) is 10.3. The van der Waals surface area contributed by atoms with E-state index in [1.54, 1.807) is 37.4 Å². The number of ether oxygens (including phenoxy) is 2. The van der Waals surface area contributed by atoms with Crippen LogP contribution in [0.25, 0.3) is 0 Å². The first-order valence-corrected chi connectivity index (χ1v) is 7.58. The molecule has 0 N–H and O–H groups in total. The lowest BCUT2D eigenvalue weighted by Crippen LogP contribution is -2.28. The van der Waals surface area contributed by atoms with Crippen molar-refractivity contribution in [1.29, 1.82) is 0 Å². The quantitative estimate of drug-likeness (QED) is 0.609. The Morgan fingerprint density at radius 2 is 2.14 bits per heavy atom. The Morgan fingerprint density at radius 3 is 2.82 bits per heavy atom. The highest BCUT2D eigenvalue weighted by molar-refractivity contribution is 7.98. The maximum absolute atomic E-state index is 12.0. The molecule has 0 aliphatic carbocycles. The number of methoxy groups -OCH3 is 1. The van der Waals surface area contributed by atoms with Crippen LogP contribution in [0.1, 0.15) is 16.1 Å². The number of rotatable bonds is 5. The molecule has 22 heavy (non-hydrogen) atoms. The van der Waals surface area contributed by atoms with Crippen LogP contribution in [-0.4, -0.2) is 34.1 Å². The summed E-state index contributed by atoms with van der Waals surface area (Å²) in [6.07, 6.45) is 1.76. The Morgan fingerprint density at radius 1 is 1.36 bits per heavy atom. The van der Waals surface area contributed by atoms with Crippen LogP contribution in [0.4, 0.5) is 0 Å². The largest absolute Gasteiger partial charge is 0.497 e. The molecule has 1 aromatic carbocycles. The average molecular weight is 321 g/mol. The van der Waals surface area contributed by atoms with Gasteiger partial charge in [0, 0.05) is 0 Å². The van der Waals surface area contributed by atoms with Crippen molar-refractivity contribution in [2.45, 2.75) is 18.8 Å². The number of esters is 1. The van der Waals surface area contributed by atoms with Crippen molar-refractivity contribution in [1.82, 2.24) is 14.8 Å². The average Bonchev–Trinajstić information content (AvgIpc) is 2.55. The highest BCUT2D eigenvalue weighted by atomic mass is 32.2. The van der Waals surface area contributed by atoms with E-state index in [0.29, 0.717) is 16.5 Å². The summed E-state index contributed by atoms with van der Waals surface area (Å²) in [5, 5.41) is 8.04. The molecule has 0 bridgehead atoms. The summed E-state index contributed by atoms with van der Waals surface area (Å²) in [6, 6.07) is 6.59. The van der Waals surface area contributed by atoms with Crippen LogP contribution in [0.15, 0.2) is 34.2 Å². The Hall–Kier alpha value is -2.35. The van der Waals surface area contributed by atoms with E-state index >= 15 is 0 Å². The molecule has 0 saturated carbocycles. The van der Waals surface area contributed by atoms with E-state index < -0.39 is 5.97 Å². The van der Waals surface area contributed by atoms with Gasteiger partial charge in [0.1, 0.15) is 11.4 Å². The maximum Gasteiger partial charge on any atom is 0.340 e. The summed E-state index contributed by atoms with van der Waals surface area (Å²) in [4.78, 5) is 24.1. The van der Waals surface area contributed by atoms with Crippen LogP contribution >= 0.6 is 11.8 Å². The number of carbonyl (C=O) groups excluding carboxylic acids is 1. The number of thioether (sulfide) groups is 1. The number of nitrogens with zero attached hydrogens (tertiary/aromatic N) is 3. The molecule has 0 amide bonds. The predicted octanol–water partition coefficient (Wildman–Crippen LogP) is 1.49. The van der Waals surface area contributed by atoms with Gasteiger partial charge in [0.15, 0.2) is 11.9 Å². The molecule has 0 spiro atoms. The first kappa shape index (κ1) is 16.0. The van der Waals surface area contributed by atoms with Gasteiger partial charge in [-0.25, -0.2) is 9.36 Å². The van der Waals surface area contributed by atoms with Crippen LogP contribution < -0.4 is 10.3 Å². The van der Waals surface area contributed by atoms with Gasteiger partial charge in [0.2, 0.25) is 0 Å². The summed E-state index contributed by atoms with van der Waals surface area (Å²) >= 11 is 1.25. The van der Waals surface area contributed by atoms with Crippen molar-refractivity contribution >= 4 is 17.7 Å². The van der Waals surface area contributed by atoms with E-state index in [-0.39, 0.29) is 18.0 Å². The fourth-order valence-electron chi connectivity index (χ4n) is 1.72. The van der Waals surface area contributed by atoms with Gasteiger partial charge in [-0.15, -0.1) is 10.2 Å². The van der Waals surface area contributed by atoms with Crippen LogP contribution in [0.2, 0.25) is 0 Å². The van der Waals surface area contributed by atoms with E-state index in [4.69, 9.17) is 9.47 Å². The molecule has 0 unspecified atom stereocenters. The highest BCUT2D eigenvalue weighted by Crippen LogP contribution is 2.14. The Bertz CT molecular complexity index is 745. The second kappa shape index (κ2) is 7.08. The fourth-order valence-corrected chi connectivity index (χ4v) is 2.20.